The first-order valence-corrected chi connectivity index (χ1v) is 18.7. The summed E-state index contributed by atoms with van der Waals surface area (Å²) in [6.07, 6.45) is 0. The van der Waals surface area contributed by atoms with E-state index in [1.807, 2.05) is 11.3 Å². The molecule has 11 aromatic rings. The van der Waals surface area contributed by atoms with Gasteiger partial charge in [-0.2, -0.15) is 0 Å². The monoisotopic (exact) mass is 680 g/mol. The van der Waals surface area contributed by atoms with Crippen molar-refractivity contribution in [3.05, 3.63) is 181 Å². The van der Waals surface area contributed by atoms with Gasteiger partial charge in [0.05, 0.1) is 22.1 Å². The number of rotatable bonds is 4. The summed E-state index contributed by atoms with van der Waals surface area (Å²) >= 11 is 1.86. The summed E-state index contributed by atoms with van der Waals surface area (Å²) in [6.45, 7) is 2.14. The maximum Gasteiger partial charge on any atom is 0.0541 e. The van der Waals surface area contributed by atoms with E-state index >= 15 is 0 Å². The number of fused-ring (bicyclic) bond motifs is 9. The third-order valence-electron chi connectivity index (χ3n) is 10.8. The summed E-state index contributed by atoms with van der Waals surface area (Å²) in [7, 11) is 0. The number of hydrogen-bond donors (Lipinski definition) is 0. The minimum atomic E-state index is 1.16. The normalized spacial score (nSPS) is 11.9. The van der Waals surface area contributed by atoms with Gasteiger partial charge in [0.1, 0.15) is 0 Å². The SMILES string of the molecule is Cc1ccc(-n2c3ccccc3c3cc(-c4ccc5c(c4)c4ccccc4n5-c4cccc(-c5ccc6sc7ccccc7c6c5)c4)ccc32)cc1. The second kappa shape index (κ2) is 11.3. The molecule has 0 aliphatic carbocycles. The zero-order valence-electron chi connectivity index (χ0n) is 28.5. The van der Waals surface area contributed by atoms with Crippen LogP contribution in [0.15, 0.2) is 176 Å². The molecular weight excluding hydrogens is 649 g/mol. The molecule has 11 rings (SSSR count). The number of nitrogens with zero attached hydrogens (tertiary/aromatic N) is 2. The van der Waals surface area contributed by atoms with E-state index in [2.05, 4.69) is 192 Å². The van der Waals surface area contributed by atoms with E-state index in [4.69, 9.17) is 0 Å². The van der Waals surface area contributed by atoms with Gasteiger partial charge in [0, 0.05) is 53.1 Å². The molecule has 0 unspecified atom stereocenters. The molecule has 3 heteroatoms. The van der Waals surface area contributed by atoms with Crippen LogP contribution in [0.25, 0.3) is 97.4 Å². The summed E-state index contributed by atoms with van der Waals surface area (Å²) < 4.78 is 7.48. The molecule has 0 aliphatic rings. The van der Waals surface area contributed by atoms with Crippen molar-refractivity contribution < 1.29 is 0 Å². The second-order valence-corrected chi connectivity index (χ2v) is 14.9. The molecule has 0 saturated heterocycles. The van der Waals surface area contributed by atoms with Gasteiger partial charge in [0.15, 0.2) is 0 Å². The number of thiophene rings is 1. The molecule has 3 heterocycles. The number of hydrogen-bond acceptors (Lipinski definition) is 1. The van der Waals surface area contributed by atoms with E-state index in [0.717, 1.165) is 5.69 Å². The van der Waals surface area contributed by atoms with Gasteiger partial charge in [0.2, 0.25) is 0 Å². The van der Waals surface area contributed by atoms with Crippen molar-refractivity contribution in [1.82, 2.24) is 9.13 Å². The van der Waals surface area contributed by atoms with Crippen LogP contribution < -0.4 is 0 Å². The third kappa shape index (κ3) is 4.43. The van der Waals surface area contributed by atoms with Crippen molar-refractivity contribution in [3.8, 4) is 33.6 Å². The van der Waals surface area contributed by atoms with E-state index in [-0.39, 0.29) is 0 Å². The Hall–Kier alpha value is -6.42. The third-order valence-corrected chi connectivity index (χ3v) is 11.9. The second-order valence-electron chi connectivity index (χ2n) is 13.9. The first-order chi connectivity index (χ1) is 25.7. The molecule has 0 aliphatic heterocycles. The van der Waals surface area contributed by atoms with Crippen molar-refractivity contribution in [2.45, 2.75) is 6.92 Å². The van der Waals surface area contributed by atoms with Crippen molar-refractivity contribution in [1.29, 1.82) is 0 Å². The van der Waals surface area contributed by atoms with Crippen LogP contribution in [0.3, 0.4) is 0 Å². The minimum Gasteiger partial charge on any atom is -0.309 e. The predicted octanol–water partition coefficient (Wildman–Crippen LogP) is 13.9. The molecule has 2 nitrogen and oxygen atoms in total. The molecule has 0 saturated carbocycles. The maximum atomic E-state index is 2.43. The van der Waals surface area contributed by atoms with Gasteiger partial charge in [-0.1, -0.05) is 103 Å². The van der Waals surface area contributed by atoms with Crippen LogP contribution in [0.2, 0.25) is 0 Å². The largest absolute Gasteiger partial charge is 0.309 e. The molecule has 0 amide bonds. The zero-order chi connectivity index (χ0) is 34.3. The van der Waals surface area contributed by atoms with Crippen LogP contribution in [0.4, 0.5) is 0 Å². The average molecular weight is 681 g/mol. The fraction of sp³-hybridized carbons (Fsp3) is 0.0204. The quantitative estimate of drug-likeness (QED) is 0.175. The van der Waals surface area contributed by atoms with Crippen molar-refractivity contribution in [2.75, 3.05) is 0 Å². The number of benzene rings is 8. The molecule has 0 spiro atoms. The van der Waals surface area contributed by atoms with Crippen LogP contribution in [-0.4, -0.2) is 9.13 Å². The first kappa shape index (κ1) is 29.3. The Bertz CT molecular complexity index is 3190. The molecule has 3 aromatic heterocycles. The minimum absolute atomic E-state index is 1.16. The summed E-state index contributed by atoms with van der Waals surface area (Å²) in [5.74, 6) is 0. The number of para-hydroxylation sites is 2. The molecule has 8 aromatic carbocycles. The lowest BCUT2D eigenvalue weighted by molar-refractivity contribution is 1.17. The fourth-order valence-corrected chi connectivity index (χ4v) is 9.37. The molecule has 52 heavy (non-hydrogen) atoms. The Labute approximate surface area is 305 Å². The van der Waals surface area contributed by atoms with Gasteiger partial charge in [-0.05, 0) is 108 Å². The Morgan fingerprint density at radius 1 is 0.327 bits per heavy atom. The molecule has 0 N–H and O–H groups in total. The van der Waals surface area contributed by atoms with Gasteiger partial charge in [-0.15, -0.1) is 11.3 Å². The smallest absolute Gasteiger partial charge is 0.0541 e. The molecule has 0 radical (unpaired) electrons. The van der Waals surface area contributed by atoms with E-state index in [9.17, 15) is 0 Å². The summed E-state index contributed by atoms with van der Waals surface area (Å²) in [5.41, 5.74) is 13.4. The van der Waals surface area contributed by atoms with E-state index < -0.39 is 0 Å². The lowest BCUT2D eigenvalue weighted by Gasteiger charge is -2.11. The van der Waals surface area contributed by atoms with Crippen LogP contribution in [0.5, 0.6) is 0 Å². The van der Waals surface area contributed by atoms with Gasteiger partial charge in [-0.25, -0.2) is 0 Å². The fourth-order valence-electron chi connectivity index (χ4n) is 8.29. The maximum absolute atomic E-state index is 2.43. The Morgan fingerprint density at radius 3 is 1.50 bits per heavy atom. The number of aryl methyl sites for hydroxylation is 1. The molecule has 0 fully saturated rings. The lowest BCUT2D eigenvalue weighted by atomic mass is 10.0. The van der Waals surface area contributed by atoms with E-state index in [1.165, 1.54) is 97.3 Å². The van der Waals surface area contributed by atoms with Gasteiger partial charge < -0.3 is 9.13 Å². The van der Waals surface area contributed by atoms with Gasteiger partial charge in [0.25, 0.3) is 0 Å². The predicted molar refractivity (Wildman–Crippen MR) is 224 cm³/mol. The first-order valence-electron chi connectivity index (χ1n) is 17.8. The zero-order valence-corrected chi connectivity index (χ0v) is 29.4. The van der Waals surface area contributed by atoms with Gasteiger partial charge >= 0.3 is 0 Å². The van der Waals surface area contributed by atoms with Crippen molar-refractivity contribution >= 4 is 75.1 Å². The van der Waals surface area contributed by atoms with Crippen molar-refractivity contribution in [2.24, 2.45) is 0 Å². The van der Waals surface area contributed by atoms with E-state index in [0.29, 0.717) is 0 Å². The standard InChI is InChI=1S/C49H32N2S/c1-31-17-22-36(23-18-31)50-44-14-5-2-11-38(44)41-28-33(19-24-46(41)50)34-20-25-47-42(29-34)39-12-3-6-15-45(39)51(47)37-10-8-9-32(27-37)35-21-26-49-43(30-35)40-13-4-7-16-48(40)52-49/h2-30H,1H3. The van der Waals surface area contributed by atoms with Crippen molar-refractivity contribution in [3.63, 3.8) is 0 Å². The summed E-state index contributed by atoms with van der Waals surface area (Å²) in [5, 5.41) is 7.70. The van der Waals surface area contributed by atoms with Crippen LogP contribution in [0, 0.1) is 6.92 Å². The molecular formula is C49H32N2S. The highest BCUT2D eigenvalue weighted by atomic mass is 32.1. The van der Waals surface area contributed by atoms with E-state index in [1.54, 1.807) is 0 Å². The molecule has 0 atom stereocenters. The summed E-state index contributed by atoms with van der Waals surface area (Å²) in [4.78, 5) is 0. The average Bonchev–Trinajstić information content (AvgIpc) is 3.85. The highest BCUT2D eigenvalue weighted by molar-refractivity contribution is 7.25. The van der Waals surface area contributed by atoms with Crippen LogP contribution in [0.1, 0.15) is 5.56 Å². The van der Waals surface area contributed by atoms with Crippen LogP contribution >= 0.6 is 11.3 Å². The molecule has 0 bridgehead atoms. The lowest BCUT2D eigenvalue weighted by Crippen LogP contribution is -1.94. The summed E-state index contributed by atoms with van der Waals surface area (Å²) in [6, 6.07) is 65.0. The molecule has 244 valence electrons. The highest BCUT2D eigenvalue weighted by Crippen LogP contribution is 2.40. The topological polar surface area (TPSA) is 9.86 Å². The number of aromatic nitrogens is 2. The Balaban J connectivity index is 1.05. The Morgan fingerprint density at radius 2 is 0.827 bits per heavy atom. The Kier molecular flexibility index (Phi) is 6.37. The van der Waals surface area contributed by atoms with Gasteiger partial charge in [-0.3, -0.25) is 0 Å². The highest BCUT2D eigenvalue weighted by Gasteiger charge is 2.17. The van der Waals surface area contributed by atoms with Crippen LogP contribution in [-0.2, 0) is 0 Å².